The number of aryl methyl sites for hydroxylation is 1. The van der Waals surface area contributed by atoms with Crippen molar-refractivity contribution in [3.05, 3.63) is 42.5 Å². The summed E-state index contributed by atoms with van der Waals surface area (Å²) in [6.45, 7) is 10.6. The Morgan fingerprint density at radius 2 is 1.83 bits per heavy atom. The number of carbonyl (C=O) groups is 1. The van der Waals surface area contributed by atoms with Crippen LogP contribution in [0.25, 0.3) is 0 Å². The zero-order valence-corrected chi connectivity index (χ0v) is 15.0. The summed E-state index contributed by atoms with van der Waals surface area (Å²) in [4.78, 5) is 12.4. The predicted octanol–water partition coefficient (Wildman–Crippen LogP) is 3.89. The molecular weight excluding hydrogens is 314 g/mol. The molecule has 1 aromatic rings. The first-order chi connectivity index (χ1) is 10.6. The number of allylic oxidation sites excluding steroid dienone is 1. The summed E-state index contributed by atoms with van der Waals surface area (Å²) in [7, 11) is -3.95. The minimum absolute atomic E-state index is 0.0527. The van der Waals surface area contributed by atoms with Crippen molar-refractivity contribution in [2.45, 2.75) is 51.0 Å². The SMILES string of the molecule is C=CCCCN(C(=O)OC(C)(C)C)S(=O)(=O)c1ccc(C)cc1. The van der Waals surface area contributed by atoms with E-state index in [9.17, 15) is 13.2 Å². The standard InChI is InChI=1S/C17H25NO4S/c1-6-7-8-13-18(16(19)22-17(3,4)5)23(20,21)15-11-9-14(2)10-12-15/h6,9-12H,1,7-8,13H2,2-5H3. The Labute approximate surface area is 139 Å². The monoisotopic (exact) mass is 339 g/mol. The van der Waals surface area contributed by atoms with E-state index in [1.54, 1.807) is 39.0 Å². The molecule has 1 aromatic carbocycles. The molecule has 6 heteroatoms. The molecule has 128 valence electrons. The Bertz CT molecular complexity index is 642. The summed E-state index contributed by atoms with van der Waals surface area (Å²) < 4.78 is 31.6. The minimum atomic E-state index is -3.95. The fourth-order valence-electron chi connectivity index (χ4n) is 1.84. The molecule has 0 N–H and O–H groups in total. The van der Waals surface area contributed by atoms with Gasteiger partial charge in [0.05, 0.1) is 4.90 Å². The second kappa shape index (κ2) is 7.64. The maximum absolute atomic E-state index is 12.8. The van der Waals surface area contributed by atoms with Gasteiger partial charge in [-0.15, -0.1) is 6.58 Å². The highest BCUT2D eigenvalue weighted by Gasteiger charge is 2.32. The molecule has 0 aliphatic heterocycles. The van der Waals surface area contributed by atoms with Crippen LogP contribution in [-0.4, -0.2) is 31.0 Å². The molecule has 0 bridgehead atoms. The van der Waals surface area contributed by atoms with Gasteiger partial charge in [0.1, 0.15) is 5.60 Å². The van der Waals surface area contributed by atoms with Crippen molar-refractivity contribution < 1.29 is 17.9 Å². The summed E-state index contributed by atoms with van der Waals surface area (Å²) in [5, 5.41) is 0. The zero-order valence-electron chi connectivity index (χ0n) is 14.2. The van der Waals surface area contributed by atoms with Crippen molar-refractivity contribution in [1.29, 1.82) is 0 Å². The van der Waals surface area contributed by atoms with Gasteiger partial charge in [-0.1, -0.05) is 23.8 Å². The highest BCUT2D eigenvalue weighted by molar-refractivity contribution is 7.89. The topological polar surface area (TPSA) is 63.7 Å². The van der Waals surface area contributed by atoms with Crippen LogP contribution in [0.4, 0.5) is 4.79 Å². The molecular formula is C17H25NO4S. The van der Waals surface area contributed by atoms with Crippen LogP contribution in [-0.2, 0) is 14.8 Å². The molecule has 1 amide bonds. The van der Waals surface area contributed by atoms with Crippen molar-refractivity contribution in [1.82, 2.24) is 4.31 Å². The number of nitrogens with zero attached hydrogens (tertiary/aromatic N) is 1. The molecule has 0 aromatic heterocycles. The van der Waals surface area contributed by atoms with Gasteiger partial charge in [0, 0.05) is 6.54 Å². The summed E-state index contributed by atoms with van der Waals surface area (Å²) >= 11 is 0. The van der Waals surface area contributed by atoms with Crippen LogP contribution in [0.15, 0.2) is 41.8 Å². The number of hydrogen-bond donors (Lipinski definition) is 0. The summed E-state index contributed by atoms with van der Waals surface area (Å²) in [6, 6.07) is 6.39. The molecule has 0 heterocycles. The van der Waals surface area contributed by atoms with E-state index in [0.717, 1.165) is 9.87 Å². The third kappa shape index (κ3) is 5.71. The smallest absolute Gasteiger partial charge is 0.424 e. The van der Waals surface area contributed by atoms with E-state index < -0.39 is 21.7 Å². The van der Waals surface area contributed by atoms with Crippen LogP contribution >= 0.6 is 0 Å². The number of hydrogen-bond acceptors (Lipinski definition) is 4. The van der Waals surface area contributed by atoms with E-state index in [-0.39, 0.29) is 11.4 Å². The Balaban J connectivity index is 3.13. The van der Waals surface area contributed by atoms with Crippen LogP contribution in [0, 0.1) is 6.92 Å². The number of carbonyl (C=O) groups excluding carboxylic acids is 1. The highest BCUT2D eigenvalue weighted by Crippen LogP contribution is 2.20. The average Bonchev–Trinajstić information content (AvgIpc) is 2.41. The number of benzene rings is 1. The predicted molar refractivity (Wildman–Crippen MR) is 90.7 cm³/mol. The molecule has 1 rings (SSSR count). The fourth-order valence-corrected chi connectivity index (χ4v) is 3.18. The van der Waals surface area contributed by atoms with Gasteiger partial charge in [-0.25, -0.2) is 17.5 Å². The molecule has 0 unspecified atom stereocenters. The quantitative estimate of drug-likeness (QED) is 0.583. The maximum atomic E-state index is 12.8. The number of unbranched alkanes of at least 4 members (excludes halogenated alkanes) is 1. The summed E-state index contributed by atoms with van der Waals surface area (Å²) in [5.74, 6) is 0. The van der Waals surface area contributed by atoms with Gasteiger partial charge >= 0.3 is 6.09 Å². The van der Waals surface area contributed by atoms with E-state index in [0.29, 0.717) is 12.8 Å². The summed E-state index contributed by atoms with van der Waals surface area (Å²) in [6.07, 6.45) is 1.93. The lowest BCUT2D eigenvalue weighted by molar-refractivity contribution is 0.0390. The van der Waals surface area contributed by atoms with E-state index in [1.807, 2.05) is 6.92 Å². The van der Waals surface area contributed by atoms with Crippen LogP contribution in [0.5, 0.6) is 0 Å². The summed E-state index contributed by atoms with van der Waals surface area (Å²) in [5.41, 5.74) is 0.177. The number of amides is 1. The van der Waals surface area contributed by atoms with Gasteiger partial charge in [0.25, 0.3) is 10.0 Å². The molecule has 0 fully saturated rings. The van der Waals surface area contributed by atoms with Crippen LogP contribution in [0.3, 0.4) is 0 Å². The van der Waals surface area contributed by atoms with Crippen LogP contribution < -0.4 is 0 Å². The highest BCUT2D eigenvalue weighted by atomic mass is 32.2. The van der Waals surface area contributed by atoms with Crippen LogP contribution in [0.1, 0.15) is 39.2 Å². The Kier molecular flexibility index (Phi) is 6.38. The molecule has 0 saturated carbocycles. The second-order valence-electron chi connectivity index (χ2n) is 6.30. The first-order valence-electron chi connectivity index (χ1n) is 7.51. The Hall–Kier alpha value is -1.82. The van der Waals surface area contributed by atoms with Gasteiger partial charge < -0.3 is 4.74 Å². The Morgan fingerprint density at radius 1 is 1.26 bits per heavy atom. The van der Waals surface area contributed by atoms with E-state index in [2.05, 4.69) is 6.58 Å². The van der Waals surface area contributed by atoms with Crippen molar-refractivity contribution in [3.63, 3.8) is 0 Å². The molecule has 23 heavy (non-hydrogen) atoms. The van der Waals surface area contributed by atoms with Gasteiger partial charge in [0.2, 0.25) is 0 Å². The average molecular weight is 339 g/mol. The molecule has 0 aliphatic rings. The fraction of sp³-hybridized carbons (Fsp3) is 0.471. The van der Waals surface area contributed by atoms with Gasteiger partial charge in [-0.05, 0) is 52.7 Å². The normalized spacial score (nSPS) is 11.8. The molecule has 0 saturated heterocycles. The zero-order chi connectivity index (χ0) is 17.7. The van der Waals surface area contributed by atoms with Crippen molar-refractivity contribution >= 4 is 16.1 Å². The second-order valence-corrected chi connectivity index (χ2v) is 8.16. The first-order valence-corrected chi connectivity index (χ1v) is 8.95. The van der Waals surface area contributed by atoms with Gasteiger partial charge in [-0.3, -0.25) is 0 Å². The number of sulfonamides is 1. The van der Waals surface area contributed by atoms with Gasteiger partial charge in [0.15, 0.2) is 0 Å². The molecule has 0 aliphatic carbocycles. The van der Waals surface area contributed by atoms with Gasteiger partial charge in [-0.2, -0.15) is 0 Å². The lowest BCUT2D eigenvalue weighted by Gasteiger charge is -2.27. The van der Waals surface area contributed by atoms with E-state index >= 15 is 0 Å². The third-order valence-corrected chi connectivity index (χ3v) is 4.76. The molecule has 0 spiro atoms. The number of rotatable bonds is 6. The Morgan fingerprint density at radius 3 is 2.30 bits per heavy atom. The maximum Gasteiger partial charge on any atom is 0.424 e. The van der Waals surface area contributed by atoms with Crippen LogP contribution in [0.2, 0.25) is 0 Å². The van der Waals surface area contributed by atoms with Crippen molar-refractivity contribution in [2.75, 3.05) is 6.54 Å². The van der Waals surface area contributed by atoms with Crippen molar-refractivity contribution in [2.24, 2.45) is 0 Å². The van der Waals surface area contributed by atoms with E-state index in [1.165, 1.54) is 12.1 Å². The molecule has 5 nitrogen and oxygen atoms in total. The first kappa shape index (κ1) is 19.2. The molecule has 0 atom stereocenters. The lowest BCUT2D eigenvalue weighted by atomic mass is 10.2. The third-order valence-electron chi connectivity index (χ3n) is 2.98. The lowest BCUT2D eigenvalue weighted by Crippen LogP contribution is -2.41. The van der Waals surface area contributed by atoms with E-state index in [4.69, 9.17) is 4.74 Å². The molecule has 0 radical (unpaired) electrons. The minimum Gasteiger partial charge on any atom is -0.443 e. The largest absolute Gasteiger partial charge is 0.443 e. The van der Waals surface area contributed by atoms with Crippen molar-refractivity contribution in [3.8, 4) is 0 Å². The number of ether oxygens (including phenoxy) is 1.